The molecule has 16 heteroatoms. The zero-order valence-electron chi connectivity index (χ0n) is 32.0. The van der Waals surface area contributed by atoms with Gasteiger partial charge in [0.25, 0.3) is 5.91 Å². The van der Waals surface area contributed by atoms with Crippen LogP contribution >= 0.6 is 0 Å². The third kappa shape index (κ3) is 8.17. The first kappa shape index (κ1) is 38.0. The Morgan fingerprint density at radius 2 is 1.81 bits per heavy atom. The molecule has 8 rings (SSSR count). The van der Waals surface area contributed by atoms with Gasteiger partial charge in [-0.15, -0.1) is 0 Å². The van der Waals surface area contributed by atoms with Crippen LogP contribution in [-0.2, 0) is 23.2 Å². The van der Waals surface area contributed by atoms with Crippen molar-refractivity contribution >= 4 is 40.4 Å². The molecule has 0 radical (unpaired) electrons. The number of imide groups is 1. The fourth-order valence-electron chi connectivity index (χ4n) is 7.84. The fraction of sp³-hybridized carbons (Fsp3) is 0.415. The van der Waals surface area contributed by atoms with Crippen LogP contribution in [0.1, 0.15) is 73.0 Å². The van der Waals surface area contributed by atoms with Gasteiger partial charge in [0, 0.05) is 73.8 Å². The molecule has 298 valence electrons. The largest absolute Gasteiger partial charge is 0.490 e. The summed E-state index contributed by atoms with van der Waals surface area (Å²) in [6, 6.07) is 11.9. The number of carbonyl (C=O) groups is 3. The molecule has 1 saturated heterocycles. The highest BCUT2D eigenvalue weighted by Gasteiger charge is 2.34. The molecule has 3 amide bonds. The van der Waals surface area contributed by atoms with Crippen molar-refractivity contribution in [2.24, 2.45) is 13.0 Å². The molecule has 2 aliphatic heterocycles. The zero-order chi connectivity index (χ0) is 39.8. The van der Waals surface area contributed by atoms with E-state index < -0.39 is 29.4 Å². The highest BCUT2D eigenvalue weighted by Crippen LogP contribution is 2.35. The maximum absolute atomic E-state index is 14.9. The lowest BCUT2D eigenvalue weighted by molar-refractivity contribution is -0.134. The number of nitrogens with zero attached hydrogens (tertiary/aromatic N) is 5. The number of amides is 3. The molecule has 1 saturated carbocycles. The molecule has 0 unspecified atom stereocenters. The Morgan fingerprint density at radius 1 is 1.00 bits per heavy atom. The Bertz CT molecular complexity index is 2330. The van der Waals surface area contributed by atoms with Gasteiger partial charge in [-0.05, 0) is 75.3 Å². The van der Waals surface area contributed by atoms with E-state index >= 15 is 0 Å². The Balaban J connectivity index is 0.883. The lowest BCUT2D eigenvalue weighted by Crippen LogP contribution is -2.48. The molecule has 3 aliphatic rings. The second kappa shape index (κ2) is 15.9. The smallest absolute Gasteiger partial charge is 0.258 e. The van der Waals surface area contributed by atoms with Gasteiger partial charge in [-0.25, -0.2) is 18.4 Å². The van der Waals surface area contributed by atoms with Crippen LogP contribution in [-0.4, -0.2) is 73.9 Å². The van der Waals surface area contributed by atoms with Gasteiger partial charge < -0.3 is 24.7 Å². The average molecular weight is 782 g/mol. The van der Waals surface area contributed by atoms with Crippen molar-refractivity contribution in [1.82, 2.24) is 34.9 Å². The van der Waals surface area contributed by atoms with Gasteiger partial charge in [0.1, 0.15) is 23.5 Å². The van der Waals surface area contributed by atoms with Crippen LogP contribution < -0.4 is 30.7 Å². The number of ether oxygens (including phenoxy) is 2. The van der Waals surface area contributed by atoms with E-state index in [2.05, 4.69) is 48.9 Å². The summed E-state index contributed by atoms with van der Waals surface area (Å²) in [4.78, 5) is 46.9. The second-order valence-corrected chi connectivity index (χ2v) is 15.3. The van der Waals surface area contributed by atoms with Gasteiger partial charge in [0.05, 0.1) is 41.0 Å². The standard InChI is InChI=1S/C41H45F2N9O5/c1-22-5-4-12-56-40-30(20-46-51(40)3)34-14-24(13-23(2)47-34)38(54)50-41-48-33-8-6-25(17-35(33)52(41)21-22)44-10-11-45-26-15-27(16-26)57-28-18-31(42)37(32(43)19-28)29-7-9-36(53)49-39(29)55/h6,8,13-14,17-20,22,26-27,29,44-45H,4-5,7,9-12,15-16,21H2,1-3H3,(H,48,50,54)(H,49,53,55)/t22-,26?,27?,29-/m1/s1. The van der Waals surface area contributed by atoms with Crippen LogP contribution in [0.15, 0.2) is 48.7 Å². The number of piperidine rings is 1. The highest BCUT2D eigenvalue weighted by atomic mass is 19.1. The van der Waals surface area contributed by atoms with E-state index in [9.17, 15) is 23.2 Å². The van der Waals surface area contributed by atoms with Crippen molar-refractivity contribution in [3.8, 4) is 22.9 Å². The summed E-state index contributed by atoms with van der Waals surface area (Å²) in [6.07, 6.45) is 4.67. The van der Waals surface area contributed by atoms with Crippen molar-refractivity contribution in [2.75, 3.05) is 30.3 Å². The summed E-state index contributed by atoms with van der Waals surface area (Å²) < 4.78 is 45.7. The van der Waals surface area contributed by atoms with Crippen LogP contribution in [0.3, 0.4) is 0 Å². The van der Waals surface area contributed by atoms with Crippen molar-refractivity contribution in [3.05, 3.63) is 77.1 Å². The van der Waals surface area contributed by atoms with Gasteiger partial charge in [0.15, 0.2) is 0 Å². The molecule has 1 aliphatic carbocycles. The quantitative estimate of drug-likeness (QED) is 0.115. The number of hydrogen-bond donors (Lipinski definition) is 4. The molecule has 2 aromatic carbocycles. The predicted octanol–water partition coefficient (Wildman–Crippen LogP) is 5.61. The van der Waals surface area contributed by atoms with E-state index in [4.69, 9.17) is 14.5 Å². The lowest BCUT2D eigenvalue weighted by atomic mass is 9.88. The first-order valence-corrected chi connectivity index (χ1v) is 19.4. The number of hydrogen-bond acceptors (Lipinski definition) is 10. The van der Waals surface area contributed by atoms with Crippen molar-refractivity contribution in [1.29, 1.82) is 0 Å². The Morgan fingerprint density at radius 3 is 2.60 bits per heavy atom. The number of fused-ring (bicyclic) bond motifs is 7. The van der Waals surface area contributed by atoms with Crippen molar-refractivity contribution in [3.63, 3.8) is 0 Å². The minimum absolute atomic E-state index is 0.0300. The van der Waals surface area contributed by atoms with E-state index in [-0.39, 0.29) is 48.1 Å². The topological polar surface area (TPSA) is 166 Å². The van der Waals surface area contributed by atoms with Gasteiger partial charge in [-0.3, -0.25) is 30.0 Å². The minimum Gasteiger partial charge on any atom is -0.490 e. The summed E-state index contributed by atoms with van der Waals surface area (Å²) in [5, 5.41) is 16.6. The number of aromatic nitrogens is 5. The zero-order valence-corrected chi connectivity index (χ0v) is 32.0. The maximum atomic E-state index is 14.9. The number of aryl methyl sites for hydroxylation is 2. The van der Waals surface area contributed by atoms with Crippen LogP contribution in [0.25, 0.3) is 22.3 Å². The number of carbonyl (C=O) groups excluding carboxylic acids is 3. The third-order valence-corrected chi connectivity index (χ3v) is 10.8. The van der Waals surface area contributed by atoms with E-state index in [0.29, 0.717) is 67.9 Å². The number of halogens is 2. The summed E-state index contributed by atoms with van der Waals surface area (Å²) in [7, 11) is 1.83. The molecule has 2 atom stereocenters. The molecule has 5 aromatic rings. The molecule has 2 fully saturated rings. The van der Waals surface area contributed by atoms with Crippen molar-refractivity contribution in [2.45, 2.75) is 77.0 Å². The molecular weight excluding hydrogens is 737 g/mol. The van der Waals surface area contributed by atoms with E-state index in [1.165, 1.54) is 0 Å². The molecule has 3 aromatic heterocycles. The summed E-state index contributed by atoms with van der Waals surface area (Å²) in [6.45, 7) is 6.51. The molecule has 14 nitrogen and oxygen atoms in total. The number of anilines is 2. The van der Waals surface area contributed by atoms with Crippen LogP contribution in [0.4, 0.5) is 20.4 Å². The number of nitrogens with one attached hydrogen (secondary N) is 4. The number of rotatable bonds is 8. The summed E-state index contributed by atoms with van der Waals surface area (Å²) in [5.41, 5.74) is 4.73. The number of pyridine rings is 1. The SMILES string of the molecule is Cc1cc2cc(n1)-c1cnn(C)c1OCCC[C@@H](C)Cn1c(nc3ccc(NCCNC4CC(Oc5cc(F)c([C@H]6CCC(=O)NC6=O)c(F)c5)C4)cc31)NC2=O. The number of benzene rings is 2. The van der Waals surface area contributed by atoms with Crippen LogP contribution in [0.5, 0.6) is 11.6 Å². The number of imidazole rings is 1. The summed E-state index contributed by atoms with van der Waals surface area (Å²) in [5.74, 6) is -2.78. The highest BCUT2D eigenvalue weighted by molar-refractivity contribution is 6.05. The van der Waals surface area contributed by atoms with Crippen LogP contribution in [0.2, 0.25) is 0 Å². The van der Waals surface area contributed by atoms with E-state index in [1.54, 1.807) is 23.0 Å². The summed E-state index contributed by atoms with van der Waals surface area (Å²) >= 11 is 0. The Hall–Kier alpha value is -5.90. The molecule has 5 heterocycles. The van der Waals surface area contributed by atoms with Gasteiger partial charge in [-0.2, -0.15) is 5.10 Å². The fourth-order valence-corrected chi connectivity index (χ4v) is 7.84. The van der Waals surface area contributed by atoms with E-state index in [0.717, 1.165) is 47.3 Å². The van der Waals surface area contributed by atoms with Crippen molar-refractivity contribution < 1.29 is 32.6 Å². The maximum Gasteiger partial charge on any atom is 0.258 e. The first-order chi connectivity index (χ1) is 27.5. The minimum atomic E-state index is -1.05. The molecule has 2 bridgehead atoms. The molecule has 0 spiro atoms. The Kier molecular flexibility index (Phi) is 10.6. The normalized spacial score (nSPS) is 21.2. The predicted molar refractivity (Wildman–Crippen MR) is 208 cm³/mol. The van der Waals surface area contributed by atoms with E-state index in [1.807, 2.05) is 26.1 Å². The molecule has 4 N–H and O–H groups in total. The first-order valence-electron chi connectivity index (χ1n) is 19.4. The molecular formula is C41H45F2N9O5. The van der Waals surface area contributed by atoms with Gasteiger partial charge in [0.2, 0.25) is 23.6 Å². The monoisotopic (exact) mass is 781 g/mol. The molecule has 57 heavy (non-hydrogen) atoms. The van der Waals surface area contributed by atoms with Gasteiger partial charge in [-0.1, -0.05) is 6.92 Å². The third-order valence-electron chi connectivity index (χ3n) is 10.8. The Labute approximate surface area is 327 Å². The second-order valence-electron chi connectivity index (χ2n) is 15.3. The lowest BCUT2D eigenvalue weighted by Gasteiger charge is -2.36. The average Bonchev–Trinajstić information content (AvgIpc) is 3.68. The van der Waals surface area contributed by atoms with Crippen LogP contribution in [0, 0.1) is 24.5 Å². The van der Waals surface area contributed by atoms with Gasteiger partial charge >= 0.3 is 0 Å².